The lowest BCUT2D eigenvalue weighted by atomic mass is 9.98. The number of carbonyl (C=O) groups is 1. The van der Waals surface area contributed by atoms with E-state index in [1.807, 2.05) is 75.8 Å². The van der Waals surface area contributed by atoms with E-state index in [4.69, 9.17) is 4.42 Å². The van der Waals surface area contributed by atoms with Crippen molar-refractivity contribution in [3.05, 3.63) is 84.0 Å². The van der Waals surface area contributed by atoms with E-state index in [1.165, 1.54) is 11.3 Å². The number of hydrogen-bond acceptors (Lipinski definition) is 6. The second kappa shape index (κ2) is 8.29. The van der Waals surface area contributed by atoms with Crippen LogP contribution >= 0.6 is 11.3 Å². The highest BCUT2D eigenvalue weighted by Gasteiger charge is 2.29. The molecule has 0 N–H and O–H groups in total. The number of hydrogen-bond donors (Lipinski definition) is 0. The smallest absolute Gasteiger partial charge is 0.273 e. The van der Waals surface area contributed by atoms with Crippen molar-refractivity contribution in [1.29, 1.82) is 0 Å². The monoisotopic (exact) mass is 455 g/mol. The number of aromatic nitrogens is 4. The number of oxazole rings is 1. The minimum atomic E-state index is -0.0474. The number of piperidine rings is 1. The highest BCUT2D eigenvalue weighted by Crippen LogP contribution is 2.30. The van der Waals surface area contributed by atoms with Crippen LogP contribution in [0.25, 0.3) is 27.4 Å². The van der Waals surface area contributed by atoms with Gasteiger partial charge in [0, 0.05) is 30.2 Å². The first-order chi connectivity index (χ1) is 16.2. The fourth-order valence-electron chi connectivity index (χ4n) is 4.25. The Morgan fingerprint density at radius 2 is 1.91 bits per heavy atom. The summed E-state index contributed by atoms with van der Waals surface area (Å²) in [6, 6.07) is 17.7. The van der Waals surface area contributed by atoms with E-state index in [0.29, 0.717) is 24.7 Å². The summed E-state index contributed by atoms with van der Waals surface area (Å²) in [5, 5.41) is 7.06. The van der Waals surface area contributed by atoms with E-state index >= 15 is 0 Å². The Bertz CT molecular complexity index is 1390. The molecule has 164 valence electrons. The van der Waals surface area contributed by atoms with Crippen LogP contribution in [0.1, 0.15) is 35.1 Å². The fraction of sp³-hybridized carbons (Fsp3) is 0.200. The third kappa shape index (κ3) is 3.82. The molecule has 7 nitrogen and oxygen atoms in total. The van der Waals surface area contributed by atoms with Crippen molar-refractivity contribution in [3.63, 3.8) is 0 Å². The Labute approximate surface area is 194 Å². The van der Waals surface area contributed by atoms with Crippen LogP contribution in [0.5, 0.6) is 0 Å². The molecular formula is C25H21N5O2S. The van der Waals surface area contributed by atoms with Crippen LogP contribution in [0.15, 0.2) is 76.8 Å². The van der Waals surface area contributed by atoms with Crippen LogP contribution in [-0.2, 0) is 0 Å². The Hall–Kier alpha value is -3.78. The molecule has 1 atom stereocenters. The molecule has 2 aromatic carbocycles. The fourth-order valence-corrected chi connectivity index (χ4v) is 5.02. The molecule has 1 aliphatic heterocycles. The standard InChI is InChI=1S/C25H21N5O2S/c31-25(29-12-6-7-17(14-29)23-27-20-10-4-5-11-22(20)32-23)21-16-33-24(28-21)18-13-26-30(15-18)19-8-2-1-3-9-19/h1-5,8-11,13,15-17H,6-7,12,14H2. The van der Waals surface area contributed by atoms with E-state index < -0.39 is 0 Å². The largest absolute Gasteiger partial charge is 0.440 e. The maximum absolute atomic E-state index is 13.2. The number of fused-ring (bicyclic) bond motifs is 1. The number of amides is 1. The van der Waals surface area contributed by atoms with Crippen LogP contribution in [0, 0.1) is 0 Å². The minimum absolute atomic E-state index is 0.0474. The van der Waals surface area contributed by atoms with E-state index in [1.54, 1.807) is 6.20 Å². The predicted octanol–water partition coefficient (Wildman–Crippen LogP) is 5.16. The first-order valence-electron chi connectivity index (χ1n) is 11.0. The van der Waals surface area contributed by atoms with Crippen molar-refractivity contribution in [3.8, 4) is 16.3 Å². The molecule has 0 bridgehead atoms. The lowest BCUT2D eigenvalue weighted by Crippen LogP contribution is -2.39. The van der Waals surface area contributed by atoms with Gasteiger partial charge in [0.25, 0.3) is 5.91 Å². The lowest BCUT2D eigenvalue weighted by molar-refractivity contribution is 0.0694. The van der Waals surface area contributed by atoms with Gasteiger partial charge in [0.2, 0.25) is 0 Å². The highest BCUT2D eigenvalue weighted by atomic mass is 32.1. The minimum Gasteiger partial charge on any atom is -0.440 e. The molecule has 1 aliphatic rings. The molecule has 5 aromatic rings. The molecule has 0 saturated carbocycles. The summed E-state index contributed by atoms with van der Waals surface area (Å²) >= 11 is 1.46. The van der Waals surface area contributed by atoms with E-state index in [2.05, 4.69) is 15.1 Å². The van der Waals surface area contributed by atoms with Crippen molar-refractivity contribution in [1.82, 2.24) is 24.6 Å². The van der Waals surface area contributed by atoms with Crippen molar-refractivity contribution in [2.75, 3.05) is 13.1 Å². The van der Waals surface area contributed by atoms with Gasteiger partial charge in [-0.2, -0.15) is 5.10 Å². The Kier molecular flexibility index (Phi) is 4.99. The lowest BCUT2D eigenvalue weighted by Gasteiger charge is -2.30. The molecule has 0 spiro atoms. The molecular weight excluding hydrogens is 434 g/mol. The zero-order valence-electron chi connectivity index (χ0n) is 17.8. The SMILES string of the molecule is O=C(c1csc(-c2cnn(-c3ccccc3)c2)n1)N1CCCC(c2nc3ccccc3o2)C1. The average Bonchev–Trinajstić information content (AvgIpc) is 3.63. The molecule has 6 rings (SSSR count). The van der Waals surface area contributed by atoms with Crippen LogP contribution in [0.3, 0.4) is 0 Å². The van der Waals surface area contributed by atoms with Crippen LogP contribution in [-0.4, -0.2) is 43.6 Å². The summed E-state index contributed by atoms with van der Waals surface area (Å²) < 4.78 is 7.78. The molecule has 3 aromatic heterocycles. The second-order valence-corrected chi connectivity index (χ2v) is 9.02. The van der Waals surface area contributed by atoms with Crippen molar-refractivity contribution in [2.24, 2.45) is 0 Å². The molecule has 0 aliphatic carbocycles. The maximum Gasteiger partial charge on any atom is 0.273 e. The van der Waals surface area contributed by atoms with E-state index in [-0.39, 0.29) is 11.8 Å². The zero-order chi connectivity index (χ0) is 22.2. The number of benzene rings is 2. The third-order valence-electron chi connectivity index (χ3n) is 5.94. The zero-order valence-corrected chi connectivity index (χ0v) is 18.6. The van der Waals surface area contributed by atoms with Crippen molar-refractivity contribution >= 4 is 28.3 Å². The number of thiazole rings is 1. The van der Waals surface area contributed by atoms with Gasteiger partial charge in [-0.3, -0.25) is 4.79 Å². The molecule has 8 heteroatoms. The normalized spacial score (nSPS) is 16.4. The van der Waals surface area contributed by atoms with Crippen LogP contribution < -0.4 is 0 Å². The van der Waals surface area contributed by atoms with Gasteiger partial charge >= 0.3 is 0 Å². The van der Waals surface area contributed by atoms with E-state index in [9.17, 15) is 4.79 Å². The van der Waals surface area contributed by atoms with Gasteiger partial charge in [-0.1, -0.05) is 30.3 Å². The van der Waals surface area contributed by atoms with Gasteiger partial charge in [-0.25, -0.2) is 14.6 Å². The number of rotatable bonds is 4. The molecule has 1 saturated heterocycles. The summed E-state index contributed by atoms with van der Waals surface area (Å²) in [5.74, 6) is 0.757. The second-order valence-electron chi connectivity index (χ2n) is 8.16. The summed E-state index contributed by atoms with van der Waals surface area (Å²) in [4.78, 5) is 24.4. The number of likely N-dealkylation sites (tertiary alicyclic amines) is 1. The first-order valence-corrected chi connectivity index (χ1v) is 11.8. The molecule has 1 fully saturated rings. The Balaban J connectivity index is 1.19. The molecule has 33 heavy (non-hydrogen) atoms. The average molecular weight is 456 g/mol. The molecule has 0 radical (unpaired) electrons. The van der Waals surface area contributed by atoms with Gasteiger partial charge in [0.15, 0.2) is 11.5 Å². The van der Waals surface area contributed by atoms with Gasteiger partial charge in [-0.05, 0) is 37.1 Å². The summed E-state index contributed by atoms with van der Waals surface area (Å²) in [7, 11) is 0. The summed E-state index contributed by atoms with van der Waals surface area (Å²) in [5.41, 5.74) is 3.99. The molecule has 4 heterocycles. The summed E-state index contributed by atoms with van der Waals surface area (Å²) in [6.45, 7) is 1.30. The number of nitrogens with zero attached hydrogens (tertiary/aromatic N) is 5. The topological polar surface area (TPSA) is 77.1 Å². The van der Waals surface area contributed by atoms with Gasteiger partial charge in [0.05, 0.1) is 17.8 Å². The van der Waals surface area contributed by atoms with Gasteiger partial charge in [0.1, 0.15) is 16.2 Å². The summed E-state index contributed by atoms with van der Waals surface area (Å²) in [6.07, 6.45) is 5.59. The molecule has 1 unspecified atom stereocenters. The quantitative estimate of drug-likeness (QED) is 0.374. The van der Waals surface area contributed by atoms with Crippen LogP contribution in [0.2, 0.25) is 0 Å². The third-order valence-corrected chi connectivity index (χ3v) is 6.83. The Morgan fingerprint density at radius 3 is 2.79 bits per heavy atom. The maximum atomic E-state index is 13.2. The number of para-hydroxylation sites is 3. The van der Waals surface area contributed by atoms with E-state index in [0.717, 1.165) is 40.2 Å². The van der Waals surface area contributed by atoms with Gasteiger partial charge < -0.3 is 9.32 Å². The van der Waals surface area contributed by atoms with Crippen molar-refractivity contribution in [2.45, 2.75) is 18.8 Å². The van der Waals surface area contributed by atoms with Crippen molar-refractivity contribution < 1.29 is 9.21 Å². The highest BCUT2D eigenvalue weighted by molar-refractivity contribution is 7.13. The predicted molar refractivity (Wildman–Crippen MR) is 127 cm³/mol. The number of carbonyl (C=O) groups excluding carboxylic acids is 1. The van der Waals surface area contributed by atoms with Gasteiger partial charge in [-0.15, -0.1) is 11.3 Å². The van der Waals surface area contributed by atoms with Crippen LogP contribution in [0.4, 0.5) is 0 Å². The molecule has 1 amide bonds. The Morgan fingerprint density at radius 1 is 1.06 bits per heavy atom. The first kappa shape index (κ1) is 19.9.